The fourth-order valence-electron chi connectivity index (χ4n) is 1.66. The average Bonchev–Trinajstić information content (AvgIpc) is 2.28. The zero-order valence-corrected chi connectivity index (χ0v) is 9.32. The number of aromatic carboxylic acids is 1. The molecule has 0 amide bonds. The molecule has 0 unspecified atom stereocenters. The Morgan fingerprint density at radius 2 is 1.88 bits per heavy atom. The van der Waals surface area contributed by atoms with E-state index in [-0.39, 0.29) is 12.2 Å². The summed E-state index contributed by atoms with van der Waals surface area (Å²) >= 11 is 0. The Hall–Kier alpha value is -1.78. The van der Waals surface area contributed by atoms with E-state index in [1.54, 1.807) is 0 Å². The summed E-state index contributed by atoms with van der Waals surface area (Å²) in [7, 11) is 0. The molecule has 94 valence electrons. The van der Waals surface area contributed by atoms with Gasteiger partial charge in [0.15, 0.2) is 11.5 Å². The van der Waals surface area contributed by atoms with Gasteiger partial charge in [-0.3, -0.25) is 4.39 Å². The van der Waals surface area contributed by atoms with Crippen LogP contribution in [0.4, 0.5) is 4.39 Å². The van der Waals surface area contributed by atoms with Crippen LogP contribution in [0.5, 0.6) is 11.5 Å². The standard InChI is InChI=1S/C12H15FO4/c13-7-3-1-2-4-8-5-6-9(14)11(15)10(8)12(16)17/h5-6,14-15H,1-4,7H2,(H,16,17). The molecule has 0 aliphatic rings. The van der Waals surface area contributed by atoms with Crippen molar-refractivity contribution in [3.8, 4) is 11.5 Å². The minimum absolute atomic E-state index is 0.273. The molecule has 5 heteroatoms. The number of halogens is 1. The van der Waals surface area contributed by atoms with Gasteiger partial charge in [-0.2, -0.15) is 0 Å². The molecule has 0 aliphatic heterocycles. The van der Waals surface area contributed by atoms with Gasteiger partial charge >= 0.3 is 5.97 Å². The van der Waals surface area contributed by atoms with Gasteiger partial charge in [0, 0.05) is 0 Å². The van der Waals surface area contributed by atoms with E-state index < -0.39 is 17.5 Å². The maximum absolute atomic E-state index is 11.9. The van der Waals surface area contributed by atoms with Gasteiger partial charge in [0.05, 0.1) is 6.67 Å². The molecular weight excluding hydrogens is 227 g/mol. The van der Waals surface area contributed by atoms with Gasteiger partial charge in [-0.05, 0) is 30.9 Å². The number of phenolic OH excluding ortho intramolecular Hbond substituents is 1. The van der Waals surface area contributed by atoms with Crippen molar-refractivity contribution in [1.82, 2.24) is 0 Å². The largest absolute Gasteiger partial charge is 0.504 e. The number of rotatable bonds is 6. The SMILES string of the molecule is O=C(O)c1c(CCCCCF)ccc(O)c1O. The Bertz CT molecular complexity index is 404. The smallest absolute Gasteiger partial charge is 0.339 e. The topological polar surface area (TPSA) is 77.8 Å². The first-order valence-corrected chi connectivity index (χ1v) is 5.41. The van der Waals surface area contributed by atoms with Crippen LogP contribution in [0.25, 0.3) is 0 Å². The Morgan fingerprint density at radius 3 is 2.47 bits per heavy atom. The number of hydrogen-bond acceptors (Lipinski definition) is 3. The summed E-state index contributed by atoms with van der Waals surface area (Å²) in [6, 6.07) is 2.72. The molecule has 0 saturated carbocycles. The lowest BCUT2D eigenvalue weighted by Crippen LogP contribution is -2.03. The molecule has 4 nitrogen and oxygen atoms in total. The predicted octanol–water partition coefficient (Wildman–Crippen LogP) is 2.48. The zero-order chi connectivity index (χ0) is 12.8. The van der Waals surface area contributed by atoms with E-state index in [4.69, 9.17) is 5.11 Å². The fourth-order valence-corrected chi connectivity index (χ4v) is 1.66. The second kappa shape index (κ2) is 6.08. The molecule has 0 atom stereocenters. The van der Waals surface area contributed by atoms with Gasteiger partial charge in [0.1, 0.15) is 5.56 Å². The fraction of sp³-hybridized carbons (Fsp3) is 0.417. The first kappa shape index (κ1) is 13.3. The summed E-state index contributed by atoms with van der Waals surface area (Å²) in [5.41, 5.74) is 0.178. The van der Waals surface area contributed by atoms with E-state index in [0.717, 1.165) is 0 Å². The number of phenols is 2. The number of carboxylic acid groups (broad SMARTS) is 1. The second-order valence-corrected chi connectivity index (χ2v) is 3.77. The van der Waals surface area contributed by atoms with Crippen molar-refractivity contribution >= 4 is 5.97 Å². The number of aryl methyl sites for hydroxylation is 1. The van der Waals surface area contributed by atoms with Crippen molar-refractivity contribution in [1.29, 1.82) is 0 Å². The van der Waals surface area contributed by atoms with Gasteiger partial charge in [-0.25, -0.2) is 4.79 Å². The highest BCUT2D eigenvalue weighted by Crippen LogP contribution is 2.32. The van der Waals surface area contributed by atoms with Crippen LogP contribution in [0.1, 0.15) is 35.2 Å². The third-order valence-corrected chi connectivity index (χ3v) is 2.54. The van der Waals surface area contributed by atoms with Crippen LogP contribution in [-0.2, 0) is 6.42 Å². The highest BCUT2D eigenvalue weighted by molar-refractivity contribution is 5.93. The van der Waals surface area contributed by atoms with E-state index in [1.165, 1.54) is 12.1 Å². The average molecular weight is 242 g/mol. The molecule has 1 aromatic rings. The molecule has 17 heavy (non-hydrogen) atoms. The van der Waals surface area contributed by atoms with Crippen LogP contribution in [0.15, 0.2) is 12.1 Å². The van der Waals surface area contributed by atoms with Crippen LogP contribution in [-0.4, -0.2) is 28.0 Å². The lowest BCUT2D eigenvalue weighted by molar-refractivity contribution is 0.0691. The summed E-state index contributed by atoms with van der Waals surface area (Å²) in [6.45, 7) is -0.382. The maximum Gasteiger partial charge on any atom is 0.339 e. The van der Waals surface area contributed by atoms with Crippen LogP contribution >= 0.6 is 0 Å². The molecule has 1 rings (SSSR count). The minimum atomic E-state index is -1.28. The monoisotopic (exact) mass is 242 g/mol. The molecule has 0 aromatic heterocycles. The third kappa shape index (κ3) is 3.34. The van der Waals surface area contributed by atoms with E-state index >= 15 is 0 Å². The van der Waals surface area contributed by atoms with Crippen molar-refractivity contribution in [2.75, 3.05) is 6.67 Å². The summed E-state index contributed by atoms with van der Waals surface area (Å²) in [5.74, 6) is -2.34. The molecule has 0 fully saturated rings. The summed E-state index contributed by atoms with van der Waals surface area (Å²) in [6.07, 6.45) is 2.20. The number of carbonyl (C=O) groups is 1. The number of aromatic hydroxyl groups is 2. The van der Waals surface area contributed by atoms with Crippen LogP contribution in [0, 0.1) is 0 Å². The lowest BCUT2D eigenvalue weighted by atomic mass is 10.00. The number of benzene rings is 1. The predicted molar refractivity (Wildman–Crippen MR) is 60.3 cm³/mol. The van der Waals surface area contributed by atoms with E-state index in [1.807, 2.05) is 0 Å². The number of hydrogen-bond donors (Lipinski definition) is 3. The molecule has 0 spiro atoms. The van der Waals surface area contributed by atoms with Crippen molar-refractivity contribution in [3.05, 3.63) is 23.3 Å². The van der Waals surface area contributed by atoms with Crippen molar-refractivity contribution < 1.29 is 24.5 Å². The lowest BCUT2D eigenvalue weighted by Gasteiger charge is -2.08. The van der Waals surface area contributed by atoms with Crippen LogP contribution < -0.4 is 0 Å². The maximum atomic E-state index is 11.9. The highest BCUT2D eigenvalue weighted by Gasteiger charge is 2.18. The van der Waals surface area contributed by atoms with Gasteiger partial charge < -0.3 is 15.3 Å². The summed E-state index contributed by atoms with van der Waals surface area (Å²) in [5, 5.41) is 27.6. The number of alkyl halides is 1. The Kier molecular flexibility index (Phi) is 4.75. The van der Waals surface area contributed by atoms with Gasteiger partial charge in [-0.1, -0.05) is 12.5 Å². The minimum Gasteiger partial charge on any atom is -0.504 e. The van der Waals surface area contributed by atoms with E-state index in [9.17, 15) is 19.4 Å². The highest BCUT2D eigenvalue weighted by atomic mass is 19.1. The number of unbranched alkanes of at least 4 members (excludes halogenated alkanes) is 2. The summed E-state index contributed by atoms with van der Waals surface area (Å²) in [4.78, 5) is 11.0. The molecule has 3 N–H and O–H groups in total. The van der Waals surface area contributed by atoms with E-state index in [2.05, 4.69) is 0 Å². The molecule has 0 aliphatic carbocycles. The van der Waals surface area contributed by atoms with E-state index in [0.29, 0.717) is 31.2 Å². The van der Waals surface area contributed by atoms with Gasteiger partial charge in [0.2, 0.25) is 0 Å². The molecule has 0 bridgehead atoms. The van der Waals surface area contributed by atoms with Crippen LogP contribution in [0.3, 0.4) is 0 Å². The number of carboxylic acids is 1. The first-order valence-electron chi connectivity index (χ1n) is 5.41. The van der Waals surface area contributed by atoms with Crippen molar-refractivity contribution in [3.63, 3.8) is 0 Å². The van der Waals surface area contributed by atoms with Gasteiger partial charge in [0.25, 0.3) is 0 Å². The second-order valence-electron chi connectivity index (χ2n) is 3.77. The normalized spacial score (nSPS) is 10.4. The van der Waals surface area contributed by atoms with Crippen molar-refractivity contribution in [2.24, 2.45) is 0 Å². The molecule has 1 aromatic carbocycles. The molecule has 0 saturated heterocycles. The Balaban J connectivity index is 2.84. The quantitative estimate of drug-likeness (QED) is 0.529. The Morgan fingerprint density at radius 1 is 1.18 bits per heavy atom. The molecule has 0 radical (unpaired) electrons. The summed E-state index contributed by atoms with van der Waals surface area (Å²) < 4.78 is 11.9. The molecule has 0 heterocycles. The molecular formula is C12H15FO4. The van der Waals surface area contributed by atoms with Crippen LogP contribution in [0.2, 0.25) is 0 Å². The van der Waals surface area contributed by atoms with Crippen molar-refractivity contribution in [2.45, 2.75) is 25.7 Å². The zero-order valence-electron chi connectivity index (χ0n) is 9.32. The Labute approximate surface area is 98.3 Å². The first-order chi connectivity index (χ1) is 8.07. The third-order valence-electron chi connectivity index (χ3n) is 2.54. The van der Waals surface area contributed by atoms with Gasteiger partial charge in [-0.15, -0.1) is 0 Å².